The maximum Gasteiger partial charge on any atom is 0.221 e. The van der Waals surface area contributed by atoms with E-state index in [1.165, 1.54) is 38.3 Å². The van der Waals surface area contributed by atoms with Crippen LogP contribution in [0.2, 0.25) is 0 Å². The molecule has 2 amide bonds. The summed E-state index contributed by atoms with van der Waals surface area (Å²) in [6.07, 6.45) is 6.01. The van der Waals surface area contributed by atoms with Crippen LogP contribution in [-0.4, -0.2) is 29.3 Å². The minimum atomic E-state index is -0.296. The van der Waals surface area contributed by atoms with Crippen LogP contribution in [0.3, 0.4) is 0 Å². The minimum Gasteiger partial charge on any atom is -0.353 e. The Hall–Kier alpha value is -1.91. The monoisotopic (exact) mass is 320 g/mol. The van der Waals surface area contributed by atoms with Crippen LogP contribution >= 0.6 is 0 Å². The van der Waals surface area contributed by atoms with Crippen LogP contribution in [-0.2, 0) is 16.1 Å². The van der Waals surface area contributed by atoms with Crippen molar-refractivity contribution in [1.82, 2.24) is 10.2 Å². The molecule has 0 unspecified atom stereocenters. The Morgan fingerprint density at radius 1 is 1.17 bits per heavy atom. The van der Waals surface area contributed by atoms with Crippen molar-refractivity contribution in [2.75, 3.05) is 6.54 Å². The predicted molar refractivity (Wildman–Crippen MR) is 87.1 cm³/mol. The lowest BCUT2D eigenvalue weighted by Gasteiger charge is -2.24. The van der Waals surface area contributed by atoms with Crippen LogP contribution in [0, 0.1) is 5.82 Å². The van der Waals surface area contributed by atoms with Crippen molar-refractivity contribution in [1.29, 1.82) is 0 Å². The first-order valence-corrected chi connectivity index (χ1v) is 8.34. The van der Waals surface area contributed by atoms with Crippen LogP contribution in [0.15, 0.2) is 24.3 Å². The molecule has 0 saturated heterocycles. The molecule has 0 heterocycles. The van der Waals surface area contributed by atoms with Gasteiger partial charge in [0.2, 0.25) is 11.8 Å². The molecule has 1 aliphatic carbocycles. The van der Waals surface area contributed by atoms with Gasteiger partial charge >= 0.3 is 0 Å². The average molecular weight is 320 g/mol. The zero-order valence-corrected chi connectivity index (χ0v) is 13.7. The van der Waals surface area contributed by atoms with Gasteiger partial charge in [-0.25, -0.2) is 4.39 Å². The van der Waals surface area contributed by atoms with Crippen LogP contribution in [0.1, 0.15) is 51.0 Å². The second-order valence-corrected chi connectivity index (χ2v) is 6.22. The Labute approximate surface area is 137 Å². The lowest BCUT2D eigenvalue weighted by atomic mass is 9.95. The van der Waals surface area contributed by atoms with Crippen molar-refractivity contribution in [3.8, 4) is 0 Å². The molecule has 4 nitrogen and oxygen atoms in total. The van der Waals surface area contributed by atoms with Crippen molar-refractivity contribution < 1.29 is 14.0 Å². The number of nitrogens with one attached hydrogen (secondary N) is 1. The topological polar surface area (TPSA) is 49.4 Å². The lowest BCUT2D eigenvalue weighted by molar-refractivity contribution is -0.130. The zero-order valence-electron chi connectivity index (χ0n) is 13.7. The summed E-state index contributed by atoms with van der Waals surface area (Å²) in [5.41, 5.74) is 0.856. The number of nitrogens with zero attached hydrogens (tertiary/aromatic N) is 1. The minimum absolute atomic E-state index is 0.00209. The molecule has 23 heavy (non-hydrogen) atoms. The van der Waals surface area contributed by atoms with E-state index in [1.807, 2.05) is 0 Å². The molecule has 1 aromatic rings. The van der Waals surface area contributed by atoms with Gasteiger partial charge in [0.1, 0.15) is 5.82 Å². The van der Waals surface area contributed by atoms with E-state index in [0.29, 0.717) is 25.6 Å². The standard InChI is InChI=1S/C18H25FN2O2/c1-14(22)21(13-15-7-9-16(19)10-8-15)12-11-18(23)20-17-5-3-2-4-6-17/h7-10,17H,2-6,11-13H2,1H3,(H,20,23). The molecule has 2 rings (SSSR count). The van der Waals surface area contributed by atoms with Gasteiger partial charge in [0, 0.05) is 32.5 Å². The first-order valence-electron chi connectivity index (χ1n) is 8.34. The first kappa shape index (κ1) is 17.4. The van der Waals surface area contributed by atoms with Gasteiger partial charge in [0.05, 0.1) is 0 Å². The van der Waals surface area contributed by atoms with Crippen molar-refractivity contribution in [2.24, 2.45) is 0 Å². The fraction of sp³-hybridized carbons (Fsp3) is 0.556. The Balaban J connectivity index is 1.80. The van der Waals surface area contributed by atoms with Crippen molar-refractivity contribution >= 4 is 11.8 Å². The molecule has 0 atom stereocenters. The highest BCUT2D eigenvalue weighted by molar-refractivity contribution is 5.78. The molecule has 1 N–H and O–H groups in total. The quantitative estimate of drug-likeness (QED) is 0.876. The van der Waals surface area contributed by atoms with Crippen molar-refractivity contribution in [3.63, 3.8) is 0 Å². The molecule has 1 aromatic carbocycles. The van der Waals surface area contributed by atoms with Gasteiger partial charge < -0.3 is 10.2 Å². The fourth-order valence-electron chi connectivity index (χ4n) is 2.94. The second kappa shape index (κ2) is 8.65. The average Bonchev–Trinajstić information content (AvgIpc) is 2.54. The van der Waals surface area contributed by atoms with Gasteiger partial charge in [0.15, 0.2) is 0 Å². The molecule has 0 aliphatic heterocycles. The zero-order chi connectivity index (χ0) is 16.7. The lowest BCUT2D eigenvalue weighted by Crippen LogP contribution is -2.38. The molecule has 1 saturated carbocycles. The Bertz CT molecular complexity index is 524. The van der Waals surface area contributed by atoms with Crippen LogP contribution in [0.25, 0.3) is 0 Å². The Morgan fingerprint density at radius 2 is 1.83 bits per heavy atom. The number of benzene rings is 1. The van der Waals surface area contributed by atoms with Crippen molar-refractivity contribution in [3.05, 3.63) is 35.6 Å². The summed E-state index contributed by atoms with van der Waals surface area (Å²) in [5, 5.41) is 3.06. The summed E-state index contributed by atoms with van der Waals surface area (Å²) in [4.78, 5) is 25.4. The molecule has 1 fully saturated rings. The molecule has 0 radical (unpaired) electrons. The number of hydrogen-bond donors (Lipinski definition) is 1. The third kappa shape index (κ3) is 6.00. The number of amides is 2. The highest BCUT2D eigenvalue weighted by atomic mass is 19.1. The van der Waals surface area contributed by atoms with Crippen LogP contribution in [0.4, 0.5) is 4.39 Å². The van der Waals surface area contributed by atoms with Gasteiger partial charge in [-0.3, -0.25) is 9.59 Å². The molecular formula is C18H25FN2O2. The summed E-state index contributed by atoms with van der Waals surface area (Å²) < 4.78 is 12.9. The van der Waals surface area contributed by atoms with E-state index in [0.717, 1.165) is 18.4 Å². The van der Waals surface area contributed by atoms with Crippen molar-refractivity contribution in [2.45, 2.75) is 58.0 Å². The number of carbonyl (C=O) groups is 2. The van der Waals surface area contributed by atoms with Crippen LogP contribution in [0.5, 0.6) is 0 Å². The van der Waals surface area contributed by atoms with Gasteiger partial charge in [-0.05, 0) is 30.5 Å². The smallest absolute Gasteiger partial charge is 0.221 e. The maximum absolute atomic E-state index is 12.9. The van der Waals surface area contributed by atoms with Crippen LogP contribution < -0.4 is 5.32 Å². The number of halogens is 1. The maximum atomic E-state index is 12.9. The Kier molecular flexibility index (Phi) is 6.56. The molecule has 5 heteroatoms. The van der Waals surface area contributed by atoms with E-state index < -0.39 is 0 Å². The molecule has 1 aliphatic rings. The summed E-state index contributed by atoms with van der Waals surface area (Å²) in [7, 11) is 0. The molecule has 126 valence electrons. The van der Waals surface area contributed by atoms with Gasteiger partial charge in [-0.1, -0.05) is 31.4 Å². The summed E-state index contributed by atoms with van der Waals surface area (Å²) >= 11 is 0. The largest absolute Gasteiger partial charge is 0.353 e. The van der Waals surface area contributed by atoms with E-state index in [2.05, 4.69) is 5.32 Å². The fourth-order valence-corrected chi connectivity index (χ4v) is 2.94. The third-order valence-electron chi connectivity index (χ3n) is 4.31. The number of rotatable bonds is 6. The molecule has 0 spiro atoms. The van der Waals surface area contributed by atoms with E-state index in [9.17, 15) is 14.0 Å². The predicted octanol–water partition coefficient (Wildman–Crippen LogP) is 3.01. The van der Waals surface area contributed by atoms with E-state index in [4.69, 9.17) is 0 Å². The normalized spacial score (nSPS) is 15.2. The van der Waals surface area contributed by atoms with Gasteiger partial charge in [0.25, 0.3) is 0 Å². The second-order valence-electron chi connectivity index (χ2n) is 6.22. The van der Waals surface area contributed by atoms with E-state index in [1.54, 1.807) is 17.0 Å². The Morgan fingerprint density at radius 3 is 2.43 bits per heavy atom. The van der Waals surface area contributed by atoms with Gasteiger partial charge in [-0.2, -0.15) is 0 Å². The van der Waals surface area contributed by atoms with E-state index in [-0.39, 0.29) is 17.6 Å². The third-order valence-corrected chi connectivity index (χ3v) is 4.31. The first-order chi connectivity index (χ1) is 11.0. The molecule has 0 bridgehead atoms. The number of carbonyl (C=O) groups excluding carboxylic acids is 2. The SMILES string of the molecule is CC(=O)N(CCC(=O)NC1CCCCC1)Cc1ccc(F)cc1. The molecule has 0 aromatic heterocycles. The van der Waals surface area contributed by atoms with Gasteiger partial charge in [-0.15, -0.1) is 0 Å². The van der Waals surface area contributed by atoms with E-state index >= 15 is 0 Å². The highest BCUT2D eigenvalue weighted by Crippen LogP contribution is 2.17. The summed E-state index contributed by atoms with van der Waals surface area (Å²) in [6, 6.07) is 6.37. The number of hydrogen-bond acceptors (Lipinski definition) is 2. The highest BCUT2D eigenvalue weighted by Gasteiger charge is 2.17. The molecular weight excluding hydrogens is 295 g/mol. The summed E-state index contributed by atoms with van der Waals surface area (Å²) in [6.45, 7) is 2.26. The summed E-state index contributed by atoms with van der Waals surface area (Å²) in [5.74, 6) is -0.378.